The van der Waals surface area contributed by atoms with E-state index in [4.69, 9.17) is 4.42 Å². The van der Waals surface area contributed by atoms with E-state index in [9.17, 15) is 9.59 Å². The zero-order valence-corrected chi connectivity index (χ0v) is 11.7. The van der Waals surface area contributed by atoms with Gasteiger partial charge in [-0.1, -0.05) is 12.1 Å². The van der Waals surface area contributed by atoms with Crippen LogP contribution < -0.4 is 5.76 Å². The average molecular weight is 322 g/mol. The van der Waals surface area contributed by atoms with Crippen molar-refractivity contribution in [1.82, 2.24) is 4.57 Å². The summed E-state index contributed by atoms with van der Waals surface area (Å²) in [5.41, 5.74) is 1.66. The number of halogens is 1. The molecule has 0 saturated heterocycles. The Morgan fingerprint density at radius 2 is 2.16 bits per heavy atom. The van der Waals surface area contributed by atoms with Crippen molar-refractivity contribution in [2.24, 2.45) is 5.92 Å². The van der Waals surface area contributed by atoms with Crippen LogP contribution in [0.25, 0.3) is 5.69 Å². The van der Waals surface area contributed by atoms with Crippen LogP contribution in [0.5, 0.6) is 0 Å². The van der Waals surface area contributed by atoms with E-state index in [0.29, 0.717) is 18.6 Å². The van der Waals surface area contributed by atoms with Gasteiger partial charge in [0.15, 0.2) is 0 Å². The fourth-order valence-electron chi connectivity index (χ4n) is 2.51. The monoisotopic (exact) mass is 321 g/mol. The quantitative estimate of drug-likeness (QED) is 0.798. The normalized spacial score (nSPS) is 18.1. The maximum absolute atomic E-state index is 12.0. The maximum atomic E-state index is 12.0. The average Bonchev–Trinajstić information content (AvgIpc) is 2.74. The van der Waals surface area contributed by atoms with E-state index in [1.165, 1.54) is 0 Å². The molecule has 0 bridgehead atoms. The highest BCUT2D eigenvalue weighted by atomic mass is 79.9. The molecule has 1 aromatic carbocycles. The van der Waals surface area contributed by atoms with Gasteiger partial charge < -0.3 is 9.21 Å². The predicted octanol–water partition coefficient (Wildman–Crippen LogP) is 2.50. The summed E-state index contributed by atoms with van der Waals surface area (Å²) in [6.45, 7) is 0. The van der Waals surface area contributed by atoms with E-state index in [1.54, 1.807) is 4.57 Å². The molecule has 0 fully saturated rings. The molecular weight excluding hydrogens is 310 g/mol. The number of carbonyl (C=O) groups is 1. The van der Waals surface area contributed by atoms with Crippen molar-refractivity contribution in [3.05, 3.63) is 50.7 Å². The van der Waals surface area contributed by atoms with Crippen LogP contribution in [0, 0.1) is 5.92 Å². The van der Waals surface area contributed by atoms with Crippen LogP contribution in [0.3, 0.4) is 0 Å². The van der Waals surface area contributed by atoms with Gasteiger partial charge in [-0.3, -0.25) is 0 Å². The third-order valence-electron chi connectivity index (χ3n) is 3.47. The lowest BCUT2D eigenvalue weighted by atomic mass is 9.91. The molecule has 0 radical (unpaired) electrons. The molecule has 1 aromatic heterocycles. The summed E-state index contributed by atoms with van der Waals surface area (Å²) < 4.78 is 7.75. The van der Waals surface area contributed by atoms with E-state index >= 15 is 0 Å². The summed E-state index contributed by atoms with van der Waals surface area (Å²) in [5.74, 6) is 0.221. The van der Waals surface area contributed by atoms with Gasteiger partial charge in [0.05, 0.1) is 11.4 Å². The molecule has 4 nitrogen and oxygen atoms in total. The molecule has 0 spiro atoms. The molecule has 1 unspecified atom stereocenters. The Labute approximate surface area is 118 Å². The Kier molecular flexibility index (Phi) is 3.14. The molecule has 1 aliphatic carbocycles. The van der Waals surface area contributed by atoms with Gasteiger partial charge in [0.2, 0.25) is 0 Å². The van der Waals surface area contributed by atoms with Gasteiger partial charge in [-0.2, -0.15) is 0 Å². The van der Waals surface area contributed by atoms with Gasteiger partial charge in [0, 0.05) is 16.8 Å². The number of aromatic nitrogens is 1. The predicted molar refractivity (Wildman–Crippen MR) is 73.6 cm³/mol. The van der Waals surface area contributed by atoms with Crippen LogP contribution in [0.1, 0.15) is 17.9 Å². The van der Waals surface area contributed by atoms with Crippen molar-refractivity contribution < 1.29 is 9.21 Å². The number of oxazole rings is 1. The molecule has 0 saturated carbocycles. The number of hydrogen-bond donors (Lipinski definition) is 0. The van der Waals surface area contributed by atoms with Gasteiger partial charge in [-0.25, -0.2) is 9.36 Å². The molecule has 5 heteroatoms. The zero-order chi connectivity index (χ0) is 13.4. The van der Waals surface area contributed by atoms with Crippen molar-refractivity contribution >= 4 is 22.2 Å². The number of carbonyl (C=O) groups excluding carboxylic acids is 1. The van der Waals surface area contributed by atoms with Crippen LogP contribution in [0.4, 0.5) is 0 Å². The number of rotatable bonds is 2. The third kappa shape index (κ3) is 2.08. The molecule has 2 aromatic rings. The summed E-state index contributed by atoms with van der Waals surface area (Å²) in [6, 6.07) is 7.53. The van der Waals surface area contributed by atoms with Crippen LogP contribution in [0.15, 0.2) is 37.9 Å². The number of aldehydes is 1. The molecular formula is C14H12BrNO3. The second kappa shape index (κ2) is 4.81. The molecule has 1 atom stereocenters. The molecule has 1 aliphatic rings. The first kappa shape index (κ1) is 12.4. The maximum Gasteiger partial charge on any atom is 0.424 e. The highest BCUT2D eigenvalue weighted by molar-refractivity contribution is 9.10. The second-order valence-electron chi connectivity index (χ2n) is 4.66. The van der Waals surface area contributed by atoms with E-state index in [-0.39, 0.29) is 11.7 Å². The molecule has 3 rings (SSSR count). The summed E-state index contributed by atoms with van der Waals surface area (Å²) in [4.78, 5) is 22.9. The highest BCUT2D eigenvalue weighted by Gasteiger charge is 2.26. The fraction of sp³-hybridized carbons (Fsp3) is 0.286. The molecule has 0 aliphatic heterocycles. The first-order valence-electron chi connectivity index (χ1n) is 6.14. The molecule has 1 heterocycles. The smallest absolute Gasteiger partial charge is 0.412 e. The Bertz CT molecular complexity index is 686. The summed E-state index contributed by atoms with van der Waals surface area (Å²) >= 11 is 3.45. The Morgan fingerprint density at radius 1 is 1.37 bits per heavy atom. The van der Waals surface area contributed by atoms with Crippen LogP contribution in [0.2, 0.25) is 0 Å². The standard InChI is InChI=1S/C14H12BrNO3/c15-10-3-1-2-4-11(10)16-12-6-5-9(8-17)7-13(12)19-14(16)18/h1-4,8-9H,5-7H2. The minimum atomic E-state index is -0.386. The molecule has 98 valence electrons. The van der Waals surface area contributed by atoms with Crippen LogP contribution >= 0.6 is 15.9 Å². The number of benzene rings is 1. The Balaban J connectivity index is 2.15. The largest absolute Gasteiger partial charge is 0.424 e. The Hall–Kier alpha value is -1.62. The minimum Gasteiger partial charge on any atom is -0.412 e. The summed E-state index contributed by atoms with van der Waals surface area (Å²) in [7, 11) is 0. The number of para-hydroxylation sites is 1. The van der Waals surface area contributed by atoms with Crippen molar-refractivity contribution in [3.63, 3.8) is 0 Å². The molecule has 19 heavy (non-hydrogen) atoms. The third-order valence-corrected chi connectivity index (χ3v) is 4.14. The molecule has 0 amide bonds. The Morgan fingerprint density at radius 3 is 2.89 bits per heavy atom. The topological polar surface area (TPSA) is 52.2 Å². The van der Waals surface area contributed by atoms with Crippen molar-refractivity contribution in [2.75, 3.05) is 0 Å². The van der Waals surface area contributed by atoms with Crippen LogP contribution in [-0.4, -0.2) is 10.9 Å². The van der Waals surface area contributed by atoms with Gasteiger partial charge in [-0.15, -0.1) is 0 Å². The number of nitrogens with zero attached hydrogens (tertiary/aromatic N) is 1. The molecule has 0 N–H and O–H groups in total. The SMILES string of the molecule is O=CC1CCc2c(oc(=O)n2-c2ccccc2Br)C1. The first-order chi connectivity index (χ1) is 9.20. The summed E-state index contributed by atoms with van der Waals surface area (Å²) in [6.07, 6.45) is 2.91. The lowest BCUT2D eigenvalue weighted by Gasteiger charge is -2.17. The second-order valence-corrected chi connectivity index (χ2v) is 5.52. The summed E-state index contributed by atoms with van der Waals surface area (Å²) in [5, 5.41) is 0. The lowest BCUT2D eigenvalue weighted by molar-refractivity contribution is -0.111. The van der Waals surface area contributed by atoms with Gasteiger partial charge in [-0.05, 0) is 40.9 Å². The zero-order valence-electron chi connectivity index (χ0n) is 10.1. The van der Waals surface area contributed by atoms with Gasteiger partial charge in [0.25, 0.3) is 0 Å². The first-order valence-corrected chi connectivity index (χ1v) is 6.94. The van der Waals surface area contributed by atoms with E-state index in [2.05, 4.69) is 15.9 Å². The minimum absolute atomic E-state index is 0.0364. The van der Waals surface area contributed by atoms with Gasteiger partial charge >= 0.3 is 5.76 Å². The van der Waals surface area contributed by atoms with Crippen molar-refractivity contribution in [1.29, 1.82) is 0 Å². The number of hydrogen-bond acceptors (Lipinski definition) is 3. The van der Waals surface area contributed by atoms with E-state index in [1.807, 2.05) is 24.3 Å². The van der Waals surface area contributed by atoms with E-state index < -0.39 is 0 Å². The van der Waals surface area contributed by atoms with Crippen molar-refractivity contribution in [2.45, 2.75) is 19.3 Å². The number of fused-ring (bicyclic) bond motifs is 1. The van der Waals surface area contributed by atoms with Crippen LogP contribution in [-0.2, 0) is 17.6 Å². The fourth-order valence-corrected chi connectivity index (χ4v) is 2.97. The van der Waals surface area contributed by atoms with Crippen molar-refractivity contribution in [3.8, 4) is 5.69 Å². The van der Waals surface area contributed by atoms with E-state index in [0.717, 1.165) is 28.6 Å². The highest BCUT2D eigenvalue weighted by Crippen LogP contribution is 2.28. The lowest BCUT2D eigenvalue weighted by Crippen LogP contribution is -2.19. The van der Waals surface area contributed by atoms with Gasteiger partial charge in [0.1, 0.15) is 12.0 Å².